The average Bonchev–Trinajstić information content (AvgIpc) is 2.59. The summed E-state index contributed by atoms with van der Waals surface area (Å²) in [6.07, 6.45) is 1.17. The summed E-state index contributed by atoms with van der Waals surface area (Å²) in [6, 6.07) is 0. The van der Waals surface area contributed by atoms with Gasteiger partial charge in [0, 0.05) is 38.4 Å². The highest BCUT2D eigenvalue weighted by molar-refractivity contribution is 7.99. The van der Waals surface area contributed by atoms with E-state index in [1.165, 1.54) is 11.8 Å². The highest BCUT2D eigenvalue weighted by Gasteiger charge is 2.19. The quantitative estimate of drug-likeness (QED) is 0.598. The number of thioether (sulfide) groups is 1. The molecule has 3 N–H and O–H groups in total. The van der Waals surface area contributed by atoms with Gasteiger partial charge in [-0.25, -0.2) is 0 Å². The molecule has 1 fully saturated rings. The van der Waals surface area contributed by atoms with Gasteiger partial charge < -0.3 is 15.7 Å². The highest BCUT2D eigenvalue weighted by atomic mass is 32.2. The third kappa shape index (κ3) is 6.76. The van der Waals surface area contributed by atoms with Crippen LogP contribution >= 0.6 is 11.8 Å². The monoisotopic (exact) mass is 303 g/mol. The molecule has 0 bridgehead atoms. The zero-order valence-corrected chi connectivity index (χ0v) is 12.2. The predicted molar refractivity (Wildman–Crippen MR) is 76.4 cm³/mol. The number of carboxylic acids is 1. The molecule has 1 heterocycles. The minimum absolute atomic E-state index is 0.0243. The molecule has 8 heteroatoms. The van der Waals surface area contributed by atoms with Crippen LogP contribution in [0.15, 0.2) is 0 Å². The topological polar surface area (TPSA) is 104 Å². The fourth-order valence-electron chi connectivity index (χ4n) is 2.06. The predicted octanol–water partition coefficient (Wildman–Crippen LogP) is -0.786. The number of carbonyl (C=O) groups is 3. The number of nitrogens with two attached hydrogens (primary N) is 1. The first-order valence-electron chi connectivity index (χ1n) is 6.57. The van der Waals surface area contributed by atoms with Gasteiger partial charge in [0.15, 0.2) is 0 Å². The Morgan fingerprint density at radius 3 is 2.55 bits per heavy atom. The van der Waals surface area contributed by atoms with Crippen LogP contribution in [0.1, 0.15) is 12.8 Å². The summed E-state index contributed by atoms with van der Waals surface area (Å²) in [5, 5.41) is 8.76. The first-order chi connectivity index (χ1) is 9.49. The standard InChI is InChI=1S/C12H21N3O4S/c13-10(16)9-20-7-2-11(17)15-4-1-3-14(5-6-15)8-12(18)19/h1-9H2,(H2,13,16)(H,18,19). The Bertz CT molecular complexity index is 365. The number of carboxylic acid groups (broad SMARTS) is 1. The molecule has 1 aliphatic rings. The second-order valence-electron chi connectivity index (χ2n) is 4.67. The maximum Gasteiger partial charge on any atom is 0.317 e. The third-order valence-corrected chi connectivity index (χ3v) is 3.99. The van der Waals surface area contributed by atoms with E-state index in [2.05, 4.69) is 0 Å². The number of amides is 2. The van der Waals surface area contributed by atoms with Crippen LogP contribution in [0.3, 0.4) is 0 Å². The minimum Gasteiger partial charge on any atom is -0.480 e. The van der Waals surface area contributed by atoms with Crippen LogP contribution in [-0.4, -0.2) is 76.9 Å². The van der Waals surface area contributed by atoms with Gasteiger partial charge in [-0.3, -0.25) is 19.3 Å². The van der Waals surface area contributed by atoms with Crippen LogP contribution in [0.2, 0.25) is 0 Å². The molecule has 20 heavy (non-hydrogen) atoms. The Hall–Kier alpha value is -1.28. The molecule has 0 saturated carbocycles. The smallest absolute Gasteiger partial charge is 0.317 e. The van der Waals surface area contributed by atoms with E-state index in [1.54, 1.807) is 4.90 Å². The molecule has 0 aliphatic carbocycles. The average molecular weight is 303 g/mol. The van der Waals surface area contributed by atoms with Crippen molar-refractivity contribution in [2.24, 2.45) is 5.73 Å². The van der Waals surface area contributed by atoms with Gasteiger partial charge in [-0.05, 0) is 6.42 Å². The van der Waals surface area contributed by atoms with E-state index in [-0.39, 0.29) is 24.1 Å². The van der Waals surface area contributed by atoms with Crippen molar-refractivity contribution in [2.45, 2.75) is 12.8 Å². The Labute approximate surface area is 122 Å². The molecule has 0 atom stereocenters. The Balaban J connectivity index is 2.27. The van der Waals surface area contributed by atoms with Gasteiger partial charge in [-0.15, -0.1) is 0 Å². The van der Waals surface area contributed by atoms with Crippen molar-refractivity contribution >= 4 is 29.5 Å². The van der Waals surface area contributed by atoms with E-state index in [1.807, 2.05) is 4.90 Å². The zero-order chi connectivity index (χ0) is 15.0. The van der Waals surface area contributed by atoms with Crippen molar-refractivity contribution in [3.05, 3.63) is 0 Å². The Kier molecular flexibility index (Phi) is 7.38. The van der Waals surface area contributed by atoms with Crippen molar-refractivity contribution in [1.29, 1.82) is 0 Å². The number of aliphatic carboxylic acids is 1. The maximum atomic E-state index is 12.0. The summed E-state index contributed by atoms with van der Waals surface area (Å²) in [4.78, 5) is 36.8. The van der Waals surface area contributed by atoms with Gasteiger partial charge in [-0.1, -0.05) is 0 Å². The van der Waals surface area contributed by atoms with Gasteiger partial charge in [0.05, 0.1) is 12.3 Å². The molecule has 0 aromatic carbocycles. The van der Waals surface area contributed by atoms with E-state index in [0.717, 1.165) is 6.42 Å². The number of hydrogen-bond acceptors (Lipinski definition) is 5. The van der Waals surface area contributed by atoms with Gasteiger partial charge in [-0.2, -0.15) is 11.8 Å². The Morgan fingerprint density at radius 1 is 1.15 bits per heavy atom. The molecule has 2 amide bonds. The number of primary amides is 1. The summed E-state index contributed by atoms with van der Waals surface area (Å²) in [7, 11) is 0. The van der Waals surface area contributed by atoms with Crippen molar-refractivity contribution in [3.8, 4) is 0 Å². The molecule has 1 saturated heterocycles. The summed E-state index contributed by atoms with van der Waals surface area (Å²) in [6.45, 7) is 2.54. The number of hydrogen-bond donors (Lipinski definition) is 2. The summed E-state index contributed by atoms with van der Waals surface area (Å²) >= 11 is 1.36. The van der Waals surface area contributed by atoms with E-state index in [4.69, 9.17) is 10.8 Å². The number of nitrogens with zero attached hydrogens (tertiary/aromatic N) is 2. The molecule has 0 spiro atoms. The first kappa shape index (κ1) is 16.8. The third-order valence-electron chi connectivity index (χ3n) is 3.00. The van der Waals surface area contributed by atoms with E-state index >= 15 is 0 Å². The summed E-state index contributed by atoms with van der Waals surface area (Å²) in [5.41, 5.74) is 5.02. The summed E-state index contributed by atoms with van der Waals surface area (Å²) < 4.78 is 0. The molecule has 0 radical (unpaired) electrons. The van der Waals surface area contributed by atoms with Crippen molar-refractivity contribution < 1.29 is 19.5 Å². The van der Waals surface area contributed by atoms with Crippen LogP contribution in [0.4, 0.5) is 0 Å². The fraction of sp³-hybridized carbons (Fsp3) is 0.750. The molecule has 1 aliphatic heterocycles. The summed E-state index contributed by atoms with van der Waals surface area (Å²) in [5.74, 6) is -0.343. The van der Waals surface area contributed by atoms with Crippen molar-refractivity contribution in [1.82, 2.24) is 9.80 Å². The fourth-order valence-corrected chi connectivity index (χ4v) is 2.72. The SMILES string of the molecule is NC(=O)CSCCC(=O)N1CCCN(CC(=O)O)CC1. The molecular weight excluding hydrogens is 282 g/mol. The molecule has 7 nitrogen and oxygen atoms in total. The van der Waals surface area contributed by atoms with Crippen LogP contribution in [0.5, 0.6) is 0 Å². The lowest BCUT2D eigenvalue weighted by molar-refractivity contribution is -0.138. The second kappa shape index (κ2) is 8.80. The molecule has 0 aromatic heterocycles. The van der Waals surface area contributed by atoms with Gasteiger partial charge in [0.1, 0.15) is 0 Å². The normalized spacial score (nSPS) is 16.7. The second-order valence-corrected chi connectivity index (χ2v) is 5.78. The Morgan fingerprint density at radius 2 is 1.90 bits per heavy atom. The lowest BCUT2D eigenvalue weighted by atomic mass is 10.3. The largest absolute Gasteiger partial charge is 0.480 e. The molecular formula is C12H21N3O4S. The maximum absolute atomic E-state index is 12.0. The van der Waals surface area contributed by atoms with Crippen LogP contribution in [0.25, 0.3) is 0 Å². The van der Waals surface area contributed by atoms with Gasteiger partial charge in [0.2, 0.25) is 11.8 Å². The van der Waals surface area contributed by atoms with E-state index in [0.29, 0.717) is 38.4 Å². The molecule has 1 rings (SSSR count). The number of carbonyl (C=O) groups excluding carboxylic acids is 2. The van der Waals surface area contributed by atoms with Crippen molar-refractivity contribution in [3.63, 3.8) is 0 Å². The van der Waals surface area contributed by atoms with E-state index in [9.17, 15) is 14.4 Å². The van der Waals surface area contributed by atoms with Gasteiger partial charge >= 0.3 is 5.97 Å². The lowest BCUT2D eigenvalue weighted by Crippen LogP contribution is -2.36. The zero-order valence-electron chi connectivity index (χ0n) is 11.4. The highest BCUT2D eigenvalue weighted by Crippen LogP contribution is 2.08. The van der Waals surface area contributed by atoms with Crippen molar-refractivity contribution in [2.75, 3.05) is 44.2 Å². The molecule has 0 aromatic rings. The van der Waals surface area contributed by atoms with Gasteiger partial charge in [0.25, 0.3) is 0 Å². The number of rotatable bonds is 7. The van der Waals surface area contributed by atoms with Crippen LogP contribution in [-0.2, 0) is 14.4 Å². The minimum atomic E-state index is -0.840. The van der Waals surface area contributed by atoms with Crippen LogP contribution in [0, 0.1) is 0 Å². The first-order valence-corrected chi connectivity index (χ1v) is 7.72. The molecule has 0 unspecified atom stereocenters. The molecule has 114 valence electrons. The van der Waals surface area contributed by atoms with E-state index < -0.39 is 5.97 Å². The lowest BCUT2D eigenvalue weighted by Gasteiger charge is -2.21. The van der Waals surface area contributed by atoms with Crippen LogP contribution < -0.4 is 5.73 Å².